The van der Waals surface area contributed by atoms with Crippen LogP contribution in [0.1, 0.15) is 24.8 Å². The van der Waals surface area contributed by atoms with Gasteiger partial charge in [-0.15, -0.1) is 0 Å². The van der Waals surface area contributed by atoms with E-state index in [1.54, 1.807) is 12.1 Å². The van der Waals surface area contributed by atoms with Crippen LogP contribution in [0, 0.1) is 5.92 Å². The fourth-order valence-corrected chi connectivity index (χ4v) is 2.88. The molecule has 1 aromatic carbocycles. The molecule has 1 atom stereocenters. The largest absolute Gasteiger partial charge is 0.356 e. The lowest BCUT2D eigenvalue weighted by molar-refractivity contribution is -0.121. The minimum Gasteiger partial charge on any atom is -0.356 e. The van der Waals surface area contributed by atoms with Crippen LogP contribution >= 0.6 is 0 Å². The molecule has 0 heterocycles. The molecular weight excluding hydrogens is 288 g/mol. The quantitative estimate of drug-likeness (QED) is 0.777. The van der Waals surface area contributed by atoms with Gasteiger partial charge < -0.3 is 5.32 Å². The molecule has 3 N–H and O–H groups in total. The summed E-state index contributed by atoms with van der Waals surface area (Å²) in [6.07, 6.45) is 7.55. The molecule has 2 rings (SSSR count). The maximum absolute atomic E-state index is 11.7. The summed E-state index contributed by atoms with van der Waals surface area (Å²) in [6.45, 7) is 0.546. The Morgan fingerprint density at radius 3 is 2.57 bits per heavy atom. The highest BCUT2D eigenvalue weighted by Crippen LogP contribution is 2.19. The van der Waals surface area contributed by atoms with Crippen LogP contribution in [0.5, 0.6) is 0 Å². The third-order valence-electron chi connectivity index (χ3n) is 3.55. The number of nitrogens with one attached hydrogen (secondary N) is 1. The van der Waals surface area contributed by atoms with Crippen molar-refractivity contribution >= 4 is 15.9 Å². The molecule has 1 aliphatic rings. The van der Waals surface area contributed by atoms with Crippen LogP contribution in [0.15, 0.2) is 41.3 Å². The molecule has 6 heteroatoms. The number of carbonyl (C=O) groups excluding carboxylic acids is 1. The van der Waals surface area contributed by atoms with Crippen molar-refractivity contribution in [2.75, 3.05) is 6.54 Å². The number of hydrogen-bond acceptors (Lipinski definition) is 3. The topological polar surface area (TPSA) is 89.3 Å². The Kier molecular flexibility index (Phi) is 5.14. The minimum atomic E-state index is -3.64. The first-order valence-electron chi connectivity index (χ1n) is 7.00. The van der Waals surface area contributed by atoms with Gasteiger partial charge in [-0.2, -0.15) is 0 Å². The van der Waals surface area contributed by atoms with Crippen molar-refractivity contribution in [3.8, 4) is 0 Å². The van der Waals surface area contributed by atoms with E-state index in [1.165, 1.54) is 12.1 Å². The summed E-state index contributed by atoms with van der Waals surface area (Å²) in [5.41, 5.74) is 0.962. The summed E-state index contributed by atoms with van der Waals surface area (Å²) >= 11 is 0. The number of primary sulfonamides is 1. The highest BCUT2D eigenvalue weighted by atomic mass is 32.2. The third-order valence-corrected chi connectivity index (χ3v) is 4.48. The highest BCUT2D eigenvalue weighted by molar-refractivity contribution is 7.89. The molecule has 0 aromatic heterocycles. The van der Waals surface area contributed by atoms with E-state index in [-0.39, 0.29) is 10.8 Å². The molecule has 1 amide bonds. The number of hydrogen-bond donors (Lipinski definition) is 2. The summed E-state index contributed by atoms with van der Waals surface area (Å²) in [5, 5.41) is 7.92. The average Bonchev–Trinajstić information content (AvgIpc) is 2.91. The Hall–Kier alpha value is -1.66. The molecule has 1 aromatic rings. The van der Waals surface area contributed by atoms with Gasteiger partial charge in [0.1, 0.15) is 0 Å². The molecule has 0 saturated carbocycles. The zero-order valence-electron chi connectivity index (χ0n) is 11.8. The van der Waals surface area contributed by atoms with Gasteiger partial charge in [0.25, 0.3) is 0 Å². The number of amides is 1. The van der Waals surface area contributed by atoms with Gasteiger partial charge in [-0.25, -0.2) is 13.6 Å². The Balaban J connectivity index is 1.75. The summed E-state index contributed by atoms with van der Waals surface area (Å²) in [4.78, 5) is 11.8. The van der Waals surface area contributed by atoms with Gasteiger partial charge in [0.15, 0.2) is 0 Å². The van der Waals surface area contributed by atoms with Gasteiger partial charge in [0.2, 0.25) is 15.9 Å². The zero-order chi connectivity index (χ0) is 15.3. The fraction of sp³-hybridized carbons (Fsp3) is 0.400. The van der Waals surface area contributed by atoms with Crippen LogP contribution in [-0.2, 0) is 21.2 Å². The smallest absolute Gasteiger partial charge is 0.238 e. The van der Waals surface area contributed by atoms with Crippen LogP contribution < -0.4 is 10.5 Å². The van der Waals surface area contributed by atoms with E-state index in [0.29, 0.717) is 25.3 Å². The number of rotatable bonds is 6. The molecule has 0 fully saturated rings. The van der Waals surface area contributed by atoms with E-state index in [0.717, 1.165) is 18.4 Å². The number of sulfonamides is 1. The second-order valence-corrected chi connectivity index (χ2v) is 6.82. The second kappa shape index (κ2) is 6.87. The predicted octanol–water partition coefficient (Wildman–Crippen LogP) is 1.35. The van der Waals surface area contributed by atoms with Crippen molar-refractivity contribution in [3.05, 3.63) is 42.0 Å². The Bertz CT molecular complexity index is 621. The summed E-state index contributed by atoms with van der Waals surface area (Å²) in [7, 11) is -3.64. The van der Waals surface area contributed by atoms with Gasteiger partial charge >= 0.3 is 0 Å². The van der Waals surface area contributed by atoms with E-state index in [9.17, 15) is 13.2 Å². The SMILES string of the molecule is NS(=O)(=O)c1ccc(CCNC(=O)CC2C=CCC2)cc1. The van der Waals surface area contributed by atoms with Crippen LogP contribution in [0.4, 0.5) is 0 Å². The molecule has 0 bridgehead atoms. The summed E-state index contributed by atoms with van der Waals surface area (Å²) < 4.78 is 22.3. The van der Waals surface area contributed by atoms with Crippen LogP contribution in [0.25, 0.3) is 0 Å². The predicted molar refractivity (Wildman–Crippen MR) is 81.0 cm³/mol. The zero-order valence-corrected chi connectivity index (χ0v) is 12.6. The maximum atomic E-state index is 11.7. The fourth-order valence-electron chi connectivity index (χ4n) is 2.37. The van der Waals surface area contributed by atoms with Crippen molar-refractivity contribution in [2.45, 2.75) is 30.6 Å². The molecule has 5 nitrogen and oxygen atoms in total. The van der Waals surface area contributed by atoms with E-state index in [2.05, 4.69) is 17.5 Å². The van der Waals surface area contributed by atoms with E-state index in [1.807, 2.05) is 0 Å². The Morgan fingerprint density at radius 1 is 1.29 bits per heavy atom. The standard InChI is InChI=1S/C15H20N2O3S/c16-21(19,20)14-7-5-12(6-8-14)9-10-17-15(18)11-13-3-1-2-4-13/h1,3,5-8,13H,2,4,9-11H2,(H,17,18)(H2,16,19,20). The molecular formula is C15H20N2O3S. The van der Waals surface area contributed by atoms with Crippen molar-refractivity contribution in [1.82, 2.24) is 5.32 Å². The first-order valence-corrected chi connectivity index (χ1v) is 8.55. The molecule has 1 unspecified atom stereocenters. The van der Waals surface area contributed by atoms with Crippen molar-refractivity contribution in [3.63, 3.8) is 0 Å². The van der Waals surface area contributed by atoms with Gasteiger partial charge in [-0.3, -0.25) is 4.79 Å². The first-order chi connectivity index (χ1) is 9.95. The molecule has 1 aliphatic carbocycles. The van der Waals surface area contributed by atoms with Crippen LogP contribution in [-0.4, -0.2) is 20.9 Å². The minimum absolute atomic E-state index is 0.0627. The Labute approximate surface area is 125 Å². The third kappa shape index (κ3) is 4.99. The molecule has 0 spiro atoms. The number of nitrogens with two attached hydrogens (primary N) is 1. The summed E-state index contributed by atoms with van der Waals surface area (Å²) in [5.74, 6) is 0.437. The molecule has 114 valence electrons. The second-order valence-electron chi connectivity index (χ2n) is 5.26. The maximum Gasteiger partial charge on any atom is 0.238 e. The molecule has 0 aliphatic heterocycles. The average molecular weight is 308 g/mol. The van der Waals surface area contributed by atoms with Crippen molar-refractivity contribution in [2.24, 2.45) is 11.1 Å². The lowest BCUT2D eigenvalue weighted by Crippen LogP contribution is -2.27. The van der Waals surface area contributed by atoms with Gasteiger partial charge in [-0.05, 0) is 42.9 Å². The molecule has 21 heavy (non-hydrogen) atoms. The number of allylic oxidation sites excluding steroid dienone is 2. The lowest BCUT2D eigenvalue weighted by Gasteiger charge is -2.09. The lowest BCUT2D eigenvalue weighted by atomic mass is 10.1. The van der Waals surface area contributed by atoms with E-state index < -0.39 is 10.0 Å². The van der Waals surface area contributed by atoms with Gasteiger partial charge in [-0.1, -0.05) is 24.3 Å². The van der Waals surface area contributed by atoms with E-state index in [4.69, 9.17) is 5.14 Å². The highest BCUT2D eigenvalue weighted by Gasteiger charge is 2.13. The van der Waals surface area contributed by atoms with Gasteiger partial charge in [0.05, 0.1) is 4.90 Å². The Morgan fingerprint density at radius 2 is 2.00 bits per heavy atom. The molecule has 0 radical (unpaired) electrons. The van der Waals surface area contributed by atoms with Crippen LogP contribution in [0.2, 0.25) is 0 Å². The van der Waals surface area contributed by atoms with Gasteiger partial charge in [0, 0.05) is 13.0 Å². The van der Waals surface area contributed by atoms with Crippen molar-refractivity contribution < 1.29 is 13.2 Å². The van der Waals surface area contributed by atoms with Crippen LogP contribution in [0.3, 0.4) is 0 Å². The number of carbonyl (C=O) groups is 1. The monoisotopic (exact) mass is 308 g/mol. The first kappa shape index (κ1) is 15.7. The van der Waals surface area contributed by atoms with E-state index >= 15 is 0 Å². The molecule has 0 saturated heterocycles. The summed E-state index contributed by atoms with van der Waals surface area (Å²) in [6, 6.07) is 6.39. The normalized spacial score (nSPS) is 17.9. The number of benzene rings is 1. The van der Waals surface area contributed by atoms with Crippen molar-refractivity contribution in [1.29, 1.82) is 0 Å².